The monoisotopic (exact) mass is 241 g/mol. The van der Waals surface area contributed by atoms with Crippen molar-refractivity contribution in [3.8, 4) is 0 Å². The number of β-amino-alcohol motifs (C(OH)–C–C–N with tert-alkyl or cyclic N) is 1. The lowest BCUT2D eigenvalue weighted by atomic mass is 9.72. The second-order valence-electron chi connectivity index (χ2n) is 6.17. The predicted octanol–water partition coefficient (Wildman–Crippen LogP) is 2.04. The van der Waals surface area contributed by atoms with Gasteiger partial charge in [-0.15, -0.1) is 0 Å². The Hall–Kier alpha value is -0.120. The summed E-state index contributed by atoms with van der Waals surface area (Å²) in [4.78, 5) is 2.42. The highest BCUT2D eigenvalue weighted by atomic mass is 16.5. The first-order chi connectivity index (χ1) is 8.11. The number of aliphatic hydroxyl groups is 1. The Kier molecular flexibility index (Phi) is 4.11. The van der Waals surface area contributed by atoms with Crippen molar-refractivity contribution in [2.75, 3.05) is 32.8 Å². The number of nitrogens with zero attached hydrogens (tertiary/aromatic N) is 1. The molecular weight excluding hydrogens is 214 g/mol. The third-order valence-corrected chi connectivity index (χ3v) is 4.28. The third-order valence-electron chi connectivity index (χ3n) is 4.28. The Labute approximate surface area is 105 Å². The largest absolute Gasteiger partial charge is 0.386 e. The van der Waals surface area contributed by atoms with Crippen LogP contribution in [-0.4, -0.2) is 48.5 Å². The van der Waals surface area contributed by atoms with Gasteiger partial charge >= 0.3 is 0 Å². The summed E-state index contributed by atoms with van der Waals surface area (Å²) >= 11 is 0. The van der Waals surface area contributed by atoms with E-state index in [9.17, 15) is 5.11 Å². The molecule has 3 heteroatoms. The molecule has 0 aromatic heterocycles. The molecule has 1 N–H and O–H groups in total. The van der Waals surface area contributed by atoms with Crippen LogP contribution >= 0.6 is 0 Å². The lowest BCUT2D eigenvalue weighted by Crippen LogP contribution is -2.60. The van der Waals surface area contributed by atoms with Gasteiger partial charge in [0.05, 0.1) is 6.61 Å². The van der Waals surface area contributed by atoms with Gasteiger partial charge in [0, 0.05) is 32.7 Å². The minimum Gasteiger partial charge on any atom is -0.386 e. The number of likely N-dealkylation sites (tertiary alicyclic amines) is 1. The summed E-state index contributed by atoms with van der Waals surface area (Å²) in [7, 11) is 0. The molecule has 2 rings (SSSR count). The zero-order chi connectivity index (χ0) is 12.4. The van der Waals surface area contributed by atoms with E-state index in [0.717, 1.165) is 19.6 Å². The highest BCUT2D eigenvalue weighted by Gasteiger charge is 2.45. The Balaban J connectivity index is 1.79. The Bertz CT molecular complexity index is 235. The van der Waals surface area contributed by atoms with E-state index in [0.29, 0.717) is 12.0 Å². The first kappa shape index (κ1) is 13.3. The predicted molar refractivity (Wildman–Crippen MR) is 69.1 cm³/mol. The summed E-state index contributed by atoms with van der Waals surface area (Å²) in [6, 6.07) is 0. The average Bonchev–Trinajstić information content (AvgIpc) is 2.63. The first-order valence-corrected chi connectivity index (χ1v) is 7.14. The van der Waals surface area contributed by atoms with Crippen LogP contribution in [0.1, 0.15) is 46.0 Å². The van der Waals surface area contributed by atoms with E-state index in [-0.39, 0.29) is 0 Å². The number of rotatable bonds is 6. The van der Waals surface area contributed by atoms with Gasteiger partial charge in [-0.05, 0) is 18.3 Å². The molecule has 2 aliphatic rings. The molecule has 1 atom stereocenters. The molecule has 2 aliphatic heterocycles. The lowest BCUT2D eigenvalue weighted by molar-refractivity contribution is -0.0761. The van der Waals surface area contributed by atoms with Crippen LogP contribution in [0.5, 0.6) is 0 Å². The van der Waals surface area contributed by atoms with Crippen LogP contribution in [0.2, 0.25) is 0 Å². The maximum Gasteiger partial charge on any atom is 0.103 e. The standard InChI is InChI=1S/C14H27NO2/c1-3-5-13(6-4-2)9-15(10-13)11-14(16)7-8-17-12-14/h16H,3-12H2,1-2H3. The summed E-state index contributed by atoms with van der Waals surface area (Å²) in [6.07, 6.45) is 6.04. The fourth-order valence-corrected chi connectivity index (χ4v) is 3.65. The number of hydrogen-bond donors (Lipinski definition) is 1. The van der Waals surface area contributed by atoms with E-state index >= 15 is 0 Å². The SMILES string of the molecule is CCCC1(CCC)CN(CC2(O)CCOC2)C1. The molecule has 0 amide bonds. The molecule has 0 aromatic rings. The van der Waals surface area contributed by atoms with Gasteiger partial charge in [-0.3, -0.25) is 4.90 Å². The van der Waals surface area contributed by atoms with Gasteiger partial charge in [0.25, 0.3) is 0 Å². The third kappa shape index (κ3) is 3.01. The molecule has 2 heterocycles. The summed E-state index contributed by atoms with van der Waals surface area (Å²) in [5.74, 6) is 0. The van der Waals surface area contributed by atoms with Crippen molar-refractivity contribution in [2.45, 2.75) is 51.6 Å². The van der Waals surface area contributed by atoms with Crippen molar-refractivity contribution in [3.63, 3.8) is 0 Å². The molecule has 3 nitrogen and oxygen atoms in total. The quantitative estimate of drug-likeness (QED) is 0.772. The minimum absolute atomic E-state index is 0.526. The summed E-state index contributed by atoms with van der Waals surface area (Å²) in [5, 5.41) is 10.3. The van der Waals surface area contributed by atoms with E-state index < -0.39 is 5.60 Å². The van der Waals surface area contributed by atoms with Crippen LogP contribution in [0, 0.1) is 5.41 Å². The second-order valence-corrected chi connectivity index (χ2v) is 6.17. The van der Waals surface area contributed by atoms with Crippen molar-refractivity contribution < 1.29 is 9.84 Å². The van der Waals surface area contributed by atoms with Crippen LogP contribution in [0.4, 0.5) is 0 Å². The molecule has 2 saturated heterocycles. The lowest BCUT2D eigenvalue weighted by Gasteiger charge is -2.52. The average molecular weight is 241 g/mol. The summed E-state index contributed by atoms with van der Waals surface area (Å²) in [5.41, 5.74) is -0.0100. The Morgan fingerprint density at radius 3 is 2.29 bits per heavy atom. The minimum atomic E-state index is -0.565. The van der Waals surface area contributed by atoms with E-state index in [2.05, 4.69) is 18.7 Å². The number of ether oxygens (including phenoxy) is 1. The molecule has 0 bridgehead atoms. The maximum atomic E-state index is 10.3. The normalized spacial score (nSPS) is 32.6. The van der Waals surface area contributed by atoms with E-state index in [1.165, 1.54) is 38.8 Å². The maximum absolute atomic E-state index is 10.3. The van der Waals surface area contributed by atoms with Crippen LogP contribution in [0.25, 0.3) is 0 Å². The van der Waals surface area contributed by atoms with Crippen molar-refractivity contribution in [1.29, 1.82) is 0 Å². The first-order valence-electron chi connectivity index (χ1n) is 7.14. The van der Waals surface area contributed by atoms with Crippen molar-refractivity contribution in [1.82, 2.24) is 4.90 Å². The van der Waals surface area contributed by atoms with Crippen molar-refractivity contribution in [2.24, 2.45) is 5.41 Å². The highest BCUT2D eigenvalue weighted by molar-refractivity contribution is 4.98. The molecule has 0 radical (unpaired) electrons. The van der Waals surface area contributed by atoms with Gasteiger partial charge in [-0.2, -0.15) is 0 Å². The molecule has 100 valence electrons. The molecule has 2 fully saturated rings. The van der Waals surface area contributed by atoms with E-state index in [1.807, 2.05) is 0 Å². The van der Waals surface area contributed by atoms with Crippen molar-refractivity contribution in [3.05, 3.63) is 0 Å². The molecule has 0 aliphatic carbocycles. The summed E-state index contributed by atoms with van der Waals surface area (Å²) < 4.78 is 5.30. The van der Waals surface area contributed by atoms with Crippen LogP contribution in [-0.2, 0) is 4.74 Å². The molecular formula is C14H27NO2. The molecule has 0 saturated carbocycles. The van der Waals surface area contributed by atoms with Crippen molar-refractivity contribution >= 4 is 0 Å². The number of hydrogen-bond acceptors (Lipinski definition) is 3. The topological polar surface area (TPSA) is 32.7 Å². The zero-order valence-corrected chi connectivity index (χ0v) is 11.4. The van der Waals surface area contributed by atoms with Crippen LogP contribution in [0.3, 0.4) is 0 Å². The van der Waals surface area contributed by atoms with Gasteiger partial charge in [0.2, 0.25) is 0 Å². The molecule has 1 unspecified atom stereocenters. The van der Waals surface area contributed by atoms with Crippen LogP contribution < -0.4 is 0 Å². The van der Waals surface area contributed by atoms with Gasteiger partial charge in [-0.25, -0.2) is 0 Å². The van der Waals surface area contributed by atoms with E-state index in [4.69, 9.17) is 4.74 Å². The van der Waals surface area contributed by atoms with Crippen LogP contribution in [0.15, 0.2) is 0 Å². The van der Waals surface area contributed by atoms with E-state index in [1.54, 1.807) is 0 Å². The zero-order valence-electron chi connectivity index (χ0n) is 11.4. The van der Waals surface area contributed by atoms with Gasteiger partial charge in [-0.1, -0.05) is 26.7 Å². The smallest absolute Gasteiger partial charge is 0.103 e. The van der Waals surface area contributed by atoms with Gasteiger partial charge in [0.15, 0.2) is 0 Å². The Morgan fingerprint density at radius 2 is 1.82 bits per heavy atom. The highest BCUT2D eigenvalue weighted by Crippen LogP contribution is 2.40. The summed E-state index contributed by atoms with van der Waals surface area (Å²) in [6.45, 7) is 8.96. The fourth-order valence-electron chi connectivity index (χ4n) is 3.65. The molecule has 0 aromatic carbocycles. The molecule has 17 heavy (non-hydrogen) atoms. The van der Waals surface area contributed by atoms with Gasteiger partial charge in [0.1, 0.15) is 5.60 Å². The fraction of sp³-hybridized carbons (Fsp3) is 1.00. The Morgan fingerprint density at radius 1 is 1.18 bits per heavy atom. The second kappa shape index (κ2) is 5.25. The molecule has 0 spiro atoms. The van der Waals surface area contributed by atoms with Gasteiger partial charge < -0.3 is 9.84 Å².